The highest BCUT2D eigenvalue weighted by molar-refractivity contribution is 6.24. The molecule has 0 spiro atoms. The summed E-state index contributed by atoms with van der Waals surface area (Å²) in [5.41, 5.74) is 8.14. The molecule has 0 saturated heterocycles. The predicted molar refractivity (Wildman–Crippen MR) is 149 cm³/mol. The number of aliphatic hydroxyl groups is 3. The fraction of sp³-hybridized carbons (Fsp3) is 0.333. The second kappa shape index (κ2) is 10.00. The second-order valence-corrected chi connectivity index (χ2v) is 11.2. The number of hydrogen-bond donors (Lipinski definition) is 6. The third-order valence-electron chi connectivity index (χ3n) is 8.56. The first-order valence-electron chi connectivity index (χ1n) is 13.2. The minimum absolute atomic E-state index is 0.0618. The number of amides is 1. The van der Waals surface area contributed by atoms with Gasteiger partial charge in [-0.2, -0.15) is 0 Å². The van der Waals surface area contributed by atoms with Gasteiger partial charge in [-0.3, -0.25) is 24.1 Å². The van der Waals surface area contributed by atoms with Gasteiger partial charge in [-0.15, -0.1) is 0 Å². The number of hydrogen-bond acceptors (Lipinski definition) is 11. The number of nitrogen functional groups attached to an aromatic ring is 1. The standard InChI is InChI=1S/C30H31N3O9/c1-12-15-5-4-6-16(34)19(15)24(36)20-18(12)26(42-17(35)11-13-7-9-14(31)10-8-13)22-23(33(2)3)25(37)21(29(32)40)28(39)30(22,41)27(20)38/h4-10,12,18,22-23,26,34,36,39,41H,11,31H2,1-3H3,(H2,32,40)/t12-,18-,22-,23-,26-,30-/m1/s1. The molecule has 0 aromatic heterocycles. The lowest BCUT2D eigenvalue weighted by atomic mass is 9.54. The van der Waals surface area contributed by atoms with E-state index in [1.165, 1.54) is 25.1 Å². The number of nitrogens with zero attached hydrogens (tertiary/aromatic N) is 1. The van der Waals surface area contributed by atoms with Gasteiger partial charge in [0.2, 0.25) is 5.78 Å². The average molecular weight is 578 g/mol. The number of likely N-dealkylation sites (N-methyl/N-ethyl adjacent to an activating group) is 1. The fourth-order valence-electron chi connectivity index (χ4n) is 6.68. The zero-order chi connectivity index (χ0) is 30.8. The van der Waals surface area contributed by atoms with Gasteiger partial charge in [0, 0.05) is 17.2 Å². The predicted octanol–water partition coefficient (Wildman–Crippen LogP) is 0.872. The van der Waals surface area contributed by atoms with Crippen LogP contribution < -0.4 is 11.5 Å². The number of ketones is 2. The Morgan fingerprint density at radius 3 is 2.29 bits per heavy atom. The third kappa shape index (κ3) is 4.05. The van der Waals surface area contributed by atoms with Gasteiger partial charge in [-0.05, 0) is 49.3 Å². The maximum absolute atomic E-state index is 14.2. The number of anilines is 1. The summed E-state index contributed by atoms with van der Waals surface area (Å²) < 4.78 is 6.00. The number of phenols is 1. The van der Waals surface area contributed by atoms with Crippen molar-refractivity contribution in [3.63, 3.8) is 0 Å². The number of primary amides is 1. The van der Waals surface area contributed by atoms with Gasteiger partial charge < -0.3 is 36.6 Å². The lowest BCUT2D eigenvalue weighted by molar-refractivity contribution is -0.185. The maximum atomic E-state index is 14.2. The van der Waals surface area contributed by atoms with Crippen molar-refractivity contribution >= 4 is 34.9 Å². The van der Waals surface area contributed by atoms with Crippen LogP contribution in [0.15, 0.2) is 59.4 Å². The Kier molecular flexibility index (Phi) is 6.86. The Bertz CT molecular complexity index is 1590. The van der Waals surface area contributed by atoms with E-state index in [0.717, 1.165) is 0 Å². The van der Waals surface area contributed by atoms with Gasteiger partial charge in [0.1, 0.15) is 28.9 Å². The van der Waals surface area contributed by atoms with Crippen molar-refractivity contribution < 1.29 is 44.3 Å². The Morgan fingerprint density at radius 2 is 1.69 bits per heavy atom. The number of phenolic OH excluding ortho intramolecular Hbond substituents is 1. The number of carbonyl (C=O) groups is 4. The zero-order valence-corrected chi connectivity index (χ0v) is 23.1. The highest BCUT2D eigenvalue weighted by Gasteiger charge is 2.69. The van der Waals surface area contributed by atoms with Gasteiger partial charge in [0.05, 0.1) is 23.9 Å². The Labute approximate surface area is 240 Å². The minimum atomic E-state index is -3.00. The monoisotopic (exact) mass is 577 g/mol. The quantitative estimate of drug-likeness (QED) is 0.167. The smallest absolute Gasteiger partial charge is 0.310 e. The number of nitrogens with two attached hydrogens (primary N) is 2. The van der Waals surface area contributed by atoms with E-state index >= 15 is 0 Å². The molecule has 2 aromatic rings. The summed E-state index contributed by atoms with van der Waals surface area (Å²) in [7, 11) is 2.92. The van der Waals surface area contributed by atoms with Crippen LogP contribution in [0.4, 0.5) is 5.69 Å². The van der Waals surface area contributed by atoms with Gasteiger partial charge in [0.15, 0.2) is 11.4 Å². The van der Waals surface area contributed by atoms with Crippen LogP contribution in [-0.2, 0) is 30.3 Å². The molecular weight excluding hydrogens is 546 g/mol. The summed E-state index contributed by atoms with van der Waals surface area (Å²) in [5, 5.41) is 45.3. The second-order valence-electron chi connectivity index (χ2n) is 11.2. The van der Waals surface area contributed by atoms with Crippen molar-refractivity contribution in [2.45, 2.75) is 37.0 Å². The molecule has 12 heteroatoms. The molecule has 0 heterocycles. The van der Waals surface area contributed by atoms with Crippen LogP contribution in [0.3, 0.4) is 0 Å². The van der Waals surface area contributed by atoms with E-state index in [0.29, 0.717) is 16.8 Å². The van der Waals surface area contributed by atoms with Crippen molar-refractivity contribution in [1.82, 2.24) is 4.90 Å². The summed E-state index contributed by atoms with van der Waals surface area (Å²) in [5.74, 6) is -10.1. The number of carbonyl (C=O) groups excluding carboxylic acids is 4. The third-order valence-corrected chi connectivity index (χ3v) is 8.56. The average Bonchev–Trinajstić information content (AvgIpc) is 2.91. The van der Waals surface area contributed by atoms with Crippen molar-refractivity contribution in [1.29, 1.82) is 0 Å². The normalized spacial score (nSPS) is 28.7. The van der Waals surface area contributed by atoms with Gasteiger partial charge in [-0.1, -0.05) is 31.2 Å². The molecule has 220 valence electrons. The molecule has 6 atom stereocenters. The lowest BCUT2D eigenvalue weighted by Crippen LogP contribution is -2.71. The number of fused-ring (bicyclic) bond motifs is 3. The van der Waals surface area contributed by atoms with Crippen LogP contribution in [0, 0.1) is 11.8 Å². The largest absolute Gasteiger partial charge is 0.508 e. The number of rotatable bonds is 5. The van der Waals surface area contributed by atoms with E-state index < -0.39 is 81.6 Å². The van der Waals surface area contributed by atoms with Gasteiger partial charge in [-0.25, -0.2) is 0 Å². The number of Topliss-reactive ketones (excluding diaryl/α,β-unsaturated/α-hetero) is 2. The van der Waals surface area contributed by atoms with Crippen molar-refractivity contribution in [2.24, 2.45) is 17.6 Å². The van der Waals surface area contributed by atoms with Crippen LogP contribution in [0.5, 0.6) is 5.75 Å². The van der Waals surface area contributed by atoms with E-state index in [1.807, 2.05) is 0 Å². The molecule has 0 unspecified atom stereocenters. The zero-order valence-electron chi connectivity index (χ0n) is 23.1. The lowest BCUT2D eigenvalue weighted by Gasteiger charge is -2.54. The van der Waals surface area contributed by atoms with Crippen molar-refractivity contribution in [3.8, 4) is 5.75 Å². The van der Waals surface area contributed by atoms with Crippen LogP contribution in [-0.4, -0.2) is 80.6 Å². The Balaban J connectivity index is 1.76. The molecule has 42 heavy (non-hydrogen) atoms. The first-order chi connectivity index (χ1) is 19.7. The molecule has 0 bridgehead atoms. The summed E-state index contributed by atoms with van der Waals surface area (Å²) in [6.45, 7) is 1.69. The molecule has 3 aliphatic carbocycles. The first-order valence-corrected chi connectivity index (χ1v) is 13.2. The summed E-state index contributed by atoms with van der Waals surface area (Å²) in [6, 6.07) is 9.48. The summed E-state index contributed by atoms with van der Waals surface area (Å²) >= 11 is 0. The summed E-state index contributed by atoms with van der Waals surface area (Å²) in [6.07, 6.45) is -1.72. The van der Waals surface area contributed by atoms with Gasteiger partial charge >= 0.3 is 5.97 Å². The highest BCUT2D eigenvalue weighted by atomic mass is 16.5. The number of benzene rings is 2. The molecular formula is C30H31N3O9. The molecule has 5 rings (SSSR count). The van der Waals surface area contributed by atoms with Gasteiger partial charge in [0.25, 0.3) is 5.91 Å². The molecule has 1 amide bonds. The Hall–Kier alpha value is -4.68. The molecule has 2 aromatic carbocycles. The molecule has 1 fully saturated rings. The molecule has 12 nitrogen and oxygen atoms in total. The van der Waals surface area contributed by atoms with Crippen LogP contribution >= 0.6 is 0 Å². The number of aliphatic hydroxyl groups excluding tert-OH is 2. The number of esters is 1. The van der Waals surface area contributed by atoms with E-state index in [1.54, 1.807) is 43.3 Å². The molecule has 3 aliphatic rings. The summed E-state index contributed by atoms with van der Waals surface area (Å²) in [4.78, 5) is 54.9. The van der Waals surface area contributed by atoms with Crippen LogP contribution in [0.2, 0.25) is 0 Å². The fourth-order valence-corrected chi connectivity index (χ4v) is 6.68. The van der Waals surface area contributed by atoms with E-state index in [4.69, 9.17) is 16.2 Å². The molecule has 0 radical (unpaired) electrons. The molecule has 1 saturated carbocycles. The molecule has 0 aliphatic heterocycles. The highest BCUT2D eigenvalue weighted by Crippen LogP contribution is 2.56. The maximum Gasteiger partial charge on any atom is 0.310 e. The SMILES string of the molecule is C[C@@H]1c2cccc(O)c2C(O)=C2C(=O)[C@@]3(O)C(O)=C(C(N)=O)C(=O)[C@H](N(C)C)[C@@H]3[C@H](OC(=O)Cc3ccc(N)cc3)[C@@H]21. The molecule has 8 N–H and O–H groups in total. The van der Waals surface area contributed by atoms with Crippen LogP contribution in [0.1, 0.15) is 29.5 Å². The van der Waals surface area contributed by atoms with Crippen LogP contribution in [0.25, 0.3) is 5.76 Å². The number of ether oxygens (including phenoxy) is 1. The van der Waals surface area contributed by atoms with E-state index in [-0.39, 0.29) is 17.7 Å². The Morgan fingerprint density at radius 1 is 1.05 bits per heavy atom. The van der Waals surface area contributed by atoms with Crippen molar-refractivity contribution in [2.75, 3.05) is 19.8 Å². The number of aromatic hydroxyl groups is 1. The van der Waals surface area contributed by atoms with E-state index in [2.05, 4.69) is 0 Å². The first kappa shape index (κ1) is 28.8. The van der Waals surface area contributed by atoms with Crippen molar-refractivity contribution in [3.05, 3.63) is 76.1 Å². The minimum Gasteiger partial charge on any atom is -0.508 e. The van der Waals surface area contributed by atoms with E-state index in [9.17, 15) is 39.6 Å². The topological polar surface area (TPSA) is 214 Å².